The average Bonchev–Trinajstić information content (AvgIpc) is 2.60. The summed E-state index contributed by atoms with van der Waals surface area (Å²) in [7, 11) is 2.44. The summed E-state index contributed by atoms with van der Waals surface area (Å²) < 4.78 is 16.6. The Hall–Kier alpha value is -0.663. The predicted molar refractivity (Wildman–Crippen MR) is 124 cm³/mol. The van der Waals surface area contributed by atoms with Crippen molar-refractivity contribution in [2.75, 3.05) is 27.9 Å². The number of nitrogens with zero attached hydrogens (tertiary/aromatic N) is 1. The molecule has 1 aromatic carbocycles. The van der Waals surface area contributed by atoms with Gasteiger partial charge >= 0.3 is 8.80 Å². The molecule has 0 N–H and O–H groups in total. The second-order valence-electron chi connectivity index (χ2n) is 9.04. The normalized spacial score (nSPS) is 13.9. The summed E-state index contributed by atoms with van der Waals surface area (Å²) in [5.41, 5.74) is 3.76. The van der Waals surface area contributed by atoms with E-state index in [0.717, 1.165) is 24.7 Å². The maximum atomic E-state index is 5.50. The zero-order valence-corrected chi connectivity index (χ0v) is 21.3. The fourth-order valence-corrected chi connectivity index (χ4v) is 5.70. The van der Waals surface area contributed by atoms with Crippen LogP contribution in [0.3, 0.4) is 0 Å². The lowest BCUT2D eigenvalue weighted by molar-refractivity contribution is 0.123. The molecule has 0 radical (unpaired) electrons. The van der Waals surface area contributed by atoms with Crippen molar-refractivity contribution in [1.82, 2.24) is 0 Å². The van der Waals surface area contributed by atoms with Crippen LogP contribution < -0.4 is 0 Å². The predicted octanol–water partition coefficient (Wildman–Crippen LogP) is 5.95. The van der Waals surface area contributed by atoms with Crippen LogP contribution in [0.2, 0.25) is 6.04 Å². The molecule has 4 nitrogen and oxygen atoms in total. The van der Waals surface area contributed by atoms with Crippen molar-refractivity contribution in [2.24, 2.45) is 4.99 Å². The lowest BCUT2D eigenvalue weighted by atomic mass is 9.86. The van der Waals surface area contributed by atoms with E-state index in [0.29, 0.717) is 0 Å². The maximum absolute atomic E-state index is 5.50. The zero-order chi connectivity index (χ0) is 21.6. The first-order valence-electron chi connectivity index (χ1n) is 9.88. The molecule has 160 valence electrons. The van der Waals surface area contributed by atoms with Crippen LogP contribution >= 0.6 is 11.8 Å². The van der Waals surface area contributed by atoms with Crippen LogP contribution in [-0.2, 0) is 18.7 Å². The van der Waals surface area contributed by atoms with Crippen molar-refractivity contribution >= 4 is 26.3 Å². The molecular weight excluding hydrogens is 386 g/mol. The first kappa shape index (κ1) is 25.4. The molecule has 0 unspecified atom stereocenters. The Morgan fingerprint density at radius 2 is 1.57 bits per heavy atom. The molecule has 6 heteroatoms. The Balaban J connectivity index is 3.05. The highest BCUT2D eigenvalue weighted by molar-refractivity contribution is 8.00. The monoisotopic (exact) mass is 425 g/mol. The van der Waals surface area contributed by atoms with Gasteiger partial charge in [-0.25, -0.2) is 0 Å². The number of hydrogen-bond acceptors (Lipinski definition) is 5. The number of hydrogen-bond donors (Lipinski definition) is 0. The van der Waals surface area contributed by atoms with E-state index in [1.54, 1.807) is 21.3 Å². The van der Waals surface area contributed by atoms with Gasteiger partial charge in [0.05, 0.1) is 0 Å². The van der Waals surface area contributed by atoms with Crippen molar-refractivity contribution in [2.45, 2.75) is 76.0 Å². The summed E-state index contributed by atoms with van der Waals surface area (Å²) in [6, 6.07) is 7.58. The van der Waals surface area contributed by atoms with Gasteiger partial charge in [0, 0.05) is 54.8 Å². The van der Waals surface area contributed by atoms with E-state index >= 15 is 0 Å². The van der Waals surface area contributed by atoms with Crippen LogP contribution in [0.15, 0.2) is 28.1 Å². The first-order chi connectivity index (χ1) is 12.9. The summed E-state index contributed by atoms with van der Waals surface area (Å²) in [6.45, 7) is 16.3. The van der Waals surface area contributed by atoms with Gasteiger partial charge < -0.3 is 13.3 Å². The molecular formula is C22H39NO3SSi. The Labute approximate surface area is 177 Å². The van der Waals surface area contributed by atoms with Gasteiger partial charge in [-0.3, -0.25) is 4.99 Å². The van der Waals surface area contributed by atoms with Crippen LogP contribution in [0, 0.1) is 0 Å². The average molecular weight is 426 g/mol. The minimum Gasteiger partial charge on any atom is -0.377 e. The summed E-state index contributed by atoms with van der Waals surface area (Å²) >= 11 is 1.90. The second kappa shape index (κ2) is 10.4. The van der Waals surface area contributed by atoms with E-state index in [2.05, 4.69) is 66.7 Å². The van der Waals surface area contributed by atoms with Crippen LogP contribution in [0.1, 0.15) is 66.0 Å². The Kier molecular flexibility index (Phi) is 9.42. The second-order valence-corrected chi connectivity index (χ2v) is 14.0. The minimum absolute atomic E-state index is 0.112. The highest BCUT2D eigenvalue weighted by atomic mass is 32.2. The number of benzene rings is 1. The fraction of sp³-hybridized carbons (Fsp3) is 0.682. The van der Waals surface area contributed by atoms with Gasteiger partial charge in [0.25, 0.3) is 0 Å². The molecule has 28 heavy (non-hydrogen) atoms. The van der Waals surface area contributed by atoms with Crippen LogP contribution in [0.4, 0.5) is 0 Å². The number of aliphatic imine (C=N–C) groups is 1. The topological polar surface area (TPSA) is 40.0 Å². The molecule has 0 fully saturated rings. The SMILES string of the molecule is CO[Si](CCCN=C(C)c1cc(C(C)(C)C)ccc1SC(C)(C)C)(OC)OC. The fourth-order valence-electron chi connectivity index (χ4n) is 2.88. The zero-order valence-electron chi connectivity index (χ0n) is 19.4. The number of thioether (sulfide) groups is 1. The quantitative estimate of drug-likeness (QED) is 0.212. The number of rotatable bonds is 9. The standard InChI is InChI=1S/C22H39NO3SSi/c1-17(23-14-11-15-28(24-8,25-9)26-10)19-16-18(21(2,3)4)12-13-20(19)27-22(5,6)7/h12-13,16H,11,14-15H2,1-10H3. The molecule has 0 saturated heterocycles. The molecule has 0 atom stereocenters. The summed E-state index contributed by atoms with van der Waals surface area (Å²) in [4.78, 5) is 6.16. The lowest BCUT2D eigenvalue weighted by Gasteiger charge is -2.24. The van der Waals surface area contributed by atoms with Crippen molar-refractivity contribution in [1.29, 1.82) is 0 Å². The Morgan fingerprint density at radius 3 is 2.04 bits per heavy atom. The van der Waals surface area contributed by atoms with Crippen LogP contribution in [0.25, 0.3) is 0 Å². The van der Waals surface area contributed by atoms with E-state index < -0.39 is 8.80 Å². The van der Waals surface area contributed by atoms with Crippen LogP contribution in [-0.4, -0.2) is 47.1 Å². The lowest BCUT2D eigenvalue weighted by Crippen LogP contribution is -2.42. The third-order valence-electron chi connectivity index (χ3n) is 4.57. The van der Waals surface area contributed by atoms with E-state index in [1.165, 1.54) is 16.0 Å². The van der Waals surface area contributed by atoms with Gasteiger partial charge in [0.2, 0.25) is 0 Å². The third-order valence-corrected chi connectivity index (χ3v) is 8.59. The third kappa shape index (κ3) is 7.63. The summed E-state index contributed by atoms with van der Waals surface area (Å²) in [6.07, 6.45) is 0.875. The van der Waals surface area contributed by atoms with Crippen LogP contribution in [0.5, 0.6) is 0 Å². The molecule has 0 bridgehead atoms. The van der Waals surface area contributed by atoms with E-state index in [1.807, 2.05) is 11.8 Å². The van der Waals surface area contributed by atoms with Crippen molar-refractivity contribution in [3.05, 3.63) is 29.3 Å². The molecule has 0 saturated carbocycles. The maximum Gasteiger partial charge on any atom is 0.500 e. The van der Waals surface area contributed by atoms with Gasteiger partial charge in [-0.05, 0) is 36.5 Å². The molecule has 0 amide bonds. The molecule has 0 spiro atoms. The molecule has 1 rings (SSSR count). The molecule has 0 aliphatic heterocycles. The van der Waals surface area contributed by atoms with E-state index in [9.17, 15) is 0 Å². The Morgan fingerprint density at radius 1 is 1.00 bits per heavy atom. The van der Waals surface area contributed by atoms with Gasteiger partial charge in [-0.2, -0.15) is 0 Å². The van der Waals surface area contributed by atoms with Gasteiger partial charge in [0.15, 0.2) is 0 Å². The first-order valence-corrected chi connectivity index (χ1v) is 12.6. The molecule has 0 aliphatic rings. The summed E-state index contributed by atoms with van der Waals surface area (Å²) in [5, 5.41) is 0. The smallest absolute Gasteiger partial charge is 0.377 e. The van der Waals surface area contributed by atoms with Crippen molar-refractivity contribution < 1.29 is 13.3 Å². The van der Waals surface area contributed by atoms with Crippen molar-refractivity contribution in [3.63, 3.8) is 0 Å². The summed E-state index contributed by atoms with van der Waals surface area (Å²) in [5.74, 6) is 0. The highest BCUT2D eigenvalue weighted by Gasteiger charge is 2.36. The van der Waals surface area contributed by atoms with Gasteiger partial charge in [0.1, 0.15) is 0 Å². The molecule has 0 aromatic heterocycles. The van der Waals surface area contributed by atoms with Gasteiger partial charge in [-0.1, -0.05) is 47.6 Å². The minimum atomic E-state index is -2.52. The highest BCUT2D eigenvalue weighted by Crippen LogP contribution is 2.36. The molecule has 0 heterocycles. The molecule has 0 aliphatic carbocycles. The van der Waals surface area contributed by atoms with E-state index in [4.69, 9.17) is 18.3 Å². The van der Waals surface area contributed by atoms with Gasteiger partial charge in [-0.15, -0.1) is 11.8 Å². The Bertz CT molecular complexity index is 650. The van der Waals surface area contributed by atoms with Crippen molar-refractivity contribution in [3.8, 4) is 0 Å². The molecule has 1 aromatic rings. The largest absolute Gasteiger partial charge is 0.500 e. The van der Waals surface area contributed by atoms with E-state index in [-0.39, 0.29) is 10.2 Å².